The molecule has 2 aromatic carbocycles. The molecule has 0 saturated carbocycles. The van der Waals surface area contributed by atoms with Crippen LogP contribution in [-0.4, -0.2) is 30.3 Å². The first-order valence-corrected chi connectivity index (χ1v) is 8.51. The van der Waals surface area contributed by atoms with Crippen molar-refractivity contribution in [1.29, 1.82) is 0 Å². The summed E-state index contributed by atoms with van der Waals surface area (Å²) >= 11 is 12.4. The second-order valence-corrected chi connectivity index (χ2v) is 6.83. The number of anilines is 1. The summed E-state index contributed by atoms with van der Waals surface area (Å²) in [6.07, 6.45) is 0.463. The van der Waals surface area contributed by atoms with Crippen LogP contribution in [0.4, 0.5) is 5.69 Å². The molecule has 0 spiro atoms. The monoisotopic (exact) mass is 350 g/mol. The summed E-state index contributed by atoms with van der Waals surface area (Å²) in [4.78, 5) is 0. The summed E-state index contributed by atoms with van der Waals surface area (Å²) < 4.78 is 0. The number of β-amino-alcohol motifs (C(OH)–C–C–N with tert-alkyl or cyclic N) is 1. The minimum atomic E-state index is -0.410. The van der Waals surface area contributed by atoms with E-state index in [1.54, 1.807) is 0 Å². The fourth-order valence-electron chi connectivity index (χ4n) is 2.96. The zero-order valence-corrected chi connectivity index (χ0v) is 14.5. The second kappa shape index (κ2) is 7.10. The van der Waals surface area contributed by atoms with E-state index in [2.05, 4.69) is 17.6 Å². The van der Waals surface area contributed by atoms with E-state index in [1.165, 1.54) is 0 Å². The van der Waals surface area contributed by atoms with Crippen LogP contribution in [0.1, 0.15) is 12.0 Å². The van der Waals surface area contributed by atoms with E-state index >= 15 is 0 Å². The number of aliphatic hydroxyl groups excluding tert-OH is 1. The molecule has 23 heavy (non-hydrogen) atoms. The Balaban J connectivity index is 1.99. The van der Waals surface area contributed by atoms with Gasteiger partial charge in [-0.05, 0) is 61.3 Å². The van der Waals surface area contributed by atoms with Crippen molar-refractivity contribution in [1.82, 2.24) is 5.32 Å². The van der Waals surface area contributed by atoms with Gasteiger partial charge in [0.2, 0.25) is 0 Å². The second-order valence-electron chi connectivity index (χ2n) is 5.96. The van der Waals surface area contributed by atoms with Crippen molar-refractivity contribution in [3.63, 3.8) is 0 Å². The van der Waals surface area contributed by atoms with Gasteiger partial charge < -0.3 is 15.7 Å². The number of rotatable bonds is 3. The molecule has 1 aliphatic heterocycles. The van der Waals surface area contributed by atoms with Crippen LogP contribution in [0.2, 0.25) is 10.0 Å². The Kier molecular flexibility index (Phi) is 5.12. The fourth-order valence-corrected chi connectivity index (χ4v) is 3.30. The third-order valence-electron chi connectivity index (χ3n) is 4.26. The Morgan fingerprint density at radius 1 is 1.09 bits per heavy atom. The molecule has 0 unspecified atom stereocenters. The maximum atomic E-state index is 10.2. The summed E-state index contributed by atoms with van der Waals surface area (Å²) in [7, 11) is 0. The van der Waals surface area contributed by atoms with Crippen molar-refractivity contribution in [2.75, 3.05) is 18.4 Å². The predicted octanol–water partition coefficient (Wildman–Crippen LogP) is 4.10. The largest absolute Gasteiger partial charge is 0.390 e. The maximum Gasteiger partial charge on any atom is 0.0865 e. The molecule has 1 heterocycles. The van der Waals surface area contributed by atoms with Gasteiger partial charge in [0.1, 0.15) is 0 Å². The molecule has 0 aliphatic carbocycles. The van der Waals surface area contributed by atoms with Gasteiger partial charge in [0.25, 0.3) is 0 Å². The van der Waals surface area contributed by atoms with Crippen LogP contribution >= 0.6 is 23.2 Å². The topological polar surface area (TPSA) is 44.3 Å². The number of aliphatic hydroxyl groups is 1. The van der Waals surface area contributed by atoms with Crippen LogP contribution in [-0.2, 0) is 0 Å². The van der Waals surface area contributed by atoms with Crippen molar-refractivity contribution in [2.45, 2.75) is 25.5 Å². The van der Waals surface area contributed by atoms with Gasteiger partial charge in [0.15, 0.2) is 0 Å². The highest BCUT2D eigenvalue weighted by Crippen LogP contribution is 2.35. The molecule has 3 N–H and O–H groups in total. The molecule has 3 rings (SSSR count). The van der Waals surface area contributed by atoms with Crippen LogP contribution in [0.3, 0.4) is 0 Å². The van der Waals surface area contributed by atoms with Crippen molar-refractivity contribution in [2.24, 2.45) is 0 Å². The smallest absolute Gasteiger partial charge is 0.0865 e. The molecule has 2 atom stereocenters. The average molecular weight is 351 g/mol. The lowest BCUT2D eigenvalue weighted by molar-refractivity contribution is 0.128. The number of nitrogens with one attached hydrogen (secondary N) is 2. The molecule has 1 fully saturated rings. The zero-order chi connectivity index (χ0) is 16.4. The highest BCUT2D eigenvalue weighted by molar-refractivity contribution is 6.31. The van der Waals surface area contributed by atoms with Crippen LogP contribution in [0.5, 0.6) is 0 Å². The summed E-state index contributed by atoms with van der Waals surface area (Å²) in [5.74, 6) is 0. The normalized spacial score (nSPS) is 21.2. The Morgan fingerprint density at radius 2 is 1.78 bits per heavy atom. The number of hydrogen-bond donors (Lipinski definition) is 3. The molecular weight excluding hydrogens is 331 g/mol. The van der Waals surface area contributed by atoms with E-state index in [1.807, 2.05) is 36.4 Å². The summed E-state index contributed by atoms with van der Waals surface area (Å²) in [6, 6.07) is 11.6. The van der Waals surface area contributed by atoms with E-state index in [0.717, 1.165) is 35.3 Å². The standard InChI is InChI=1S/C18H20Cl2N2O/c1-11-2-3-12(19)8-14(11)15-9-13(20)4-5-16(15)22-17-6-7-21-10-18(17)23/h2-5,8-9,17-18,21-23H,6-7,10H2,1H3/t17-,18-/m1/s1. The van der Waals surface area contributed by atoms with Crippen LogP contribution < -0.4 is 10.6 Å². The molecule has 0 amide bonds. The minimum Gasteiger partial charge on any atom is -0.390 e. The van der Waals surface area contributed by atoms with Gasteiger partial charge >= 0.3 is 0 Å². The van der Waals surface area contributed by atoms with Crippen molar-refractivity contribution in [3.8, 4) is 11.1 Å². The molecule has 1 aliphatic rings. The molecule has 0 aromatic heterocycles. The lowest BCUT2D eigenvalue weighted by Gasteiger charge is -2.30. The number of benzene rings is 2. The van der Waals surface area contributed by atoms with Gasteiger partial charge in [-0.15, -0.1) is 0 Å². The third-order valence-corrected chi connectivity index (χ3v) is 4.73. The summed E-state index contributed by atoms with van der Waals surface area (Å²) in [6.45, 7) is 3.56. The van der Waals surface area contributed by atoms with Gasteiger partial charge in [-0.3, -0.25) is 0 Å². The average Bonchev–Trinajstić information content (AvgIpc) is 2.53. The number of piperidine rings is 1. The number of halogens is 2. The zero-order valence-electron chi connectivity index (χ0n) is 12.9. The lowest BCUT2D eigenvalue weighted by atomic mass is 9.97. The van der Waals surface area contributed by atoms with Gasteiger partial charge in [0, 0.05) is 27.8 Å². The van der Waals surface area contributed by atoms with Crippen molar-refractivity contribution >= 4 is 28.9 Å². The SMILES string of the molecule is Cc1ccc(Cl)cc1-c1cc(Cl)ccc1N[C@@H]1CCNC[C@H]1O. The van der Waals surface area contributed by atoms with Crippen LogP contribution in [0, 0.1) is 6.92 Å². The van der Waals surface area contributed by atoms with Crippen LogP contribution in [0.15, 0.2) is 36.4 Å². The molecule has 5 heteroatoms. The molecule has 3 nitrogen and oxygen atoms in total. The molecule has 1 saturated heterocycles. The van der Waals surface area contributed by atoms with E-state index in [9.17, 15) is 5.11 Å². The van der Waals surface area contributed by atoms with Gasteiger partial charge in [0.05, 0.1) is 12.1 Å². The van der Waals surface area contributed by atoms with Crippen molar-refractivity contribution in [3.05, 3.63) is 52.0 Å². The Hall–Kier alpha value is -1.26. The highest BCUT2D eigenvalue weighted by atomic mass is 35.5. The molecule has 0 radical (unpaired) electrons. The minimum absolute atomic E-state index is 0.0238. The Morgan fingerprint density at radius 3 is 2.52 bits per heavy atom. The van der Waals surface area contributed by atoms with Gasteiger partial charge in [-0.2, -0.15) is 0 Å². The molecular formula is C18H20Cl2N2O. The first kappa shape index (κ1) is 16.6. The first-order valence-electron chi connectivity index (χ1n) is 7.76. The molecule has 2 aromatic rings. The third kappa shape index (κ3) is 3.81. The van der Waals surface area contributed by atoms with E-state index in [4.69, 9.17) is 23.2 Å². The van der Waals surface area contributed by atoms with E-state index < -0.39 is 6.10 Å². The first-order chi connectivity index (χ1) is 11.0. The highest BCUT2D eigenvalue weighted by Gasteiger charge is 2.23. The predicted molar refractivity (Wildman–Crippen MR) is 97.5 cm³/mol. The van der Waals surface area contributed by atoms with Gasteiger partial charge in [-0.1, -0.05) is 29.3 Å². The number of hydrogen-bond acceptors (Lipinski definition) is 3. The maximum absolute atomic E-state index is 10.2. The summed E-state index contributed by atoms with van der Waals surface area (Å²) in [5.41, 5.74) is 4.14. The Labute approximate surface area is 146 Å². The van der Waals surface area contributed by atoms with E-state index in [-0.39, 0.29) is 6.04 Å². The lowest BCUT2D eigenvalue weighted by Crippen LogP contribution is -2.47. The van der Waals surface area contributed by atoms with Crippen molar-refractivity contribution < 1.29 is 5.11 Å². The number of aryl methyl sites for hydroxylation is 1. The summed E-state index contributed by atoms with van der Waals surface area (Å²) in [5, 5.41) is 18.2. The van der Waals surface area contributed by atoms with Gasteiger partial charge in [-0.25, -0.2) is 0 Å². The van der Waals surface area contributed by atoms with E-state index in [0.29, 0.717) is 16.6 Å². The van der Waals surface area contributed by atoms with Crippen LogP contribution in [0.25, 0.3) is 11.1 Å². The Bertz CT molecular complexity index is 705. The molecule has 122 valence electrons. The quantitative estimate of drug-likeness (QED) is 0.780. The fraction of sp³-hybridized carbons (Fsp3) is 0.333. The molecule has 0 bridgehead atoms.